The molecule has 1 atom stereocenters. The Kier molecular flexibility index (Phi) is 6.54. The van der Waals surface area contributed by atoms with Gasteiger partial charge in [-0.3, -0.25) is 14.5 Å². The van der Waals surface area contributed by atoms with Crippen molar-refractivity contribution in [2.75, 3.05) is 32.0 Å². The van der Waals surface area contributed by atoms with Gasteiger partial charge in [-0.05, 0) is 43.3 Å². The Balaban J connectivity index is 1.56. The van der Waals surface area contributed by atoms with E-state index in [1.807, 2.05) is 24.3 Å². The van der Waals surface area contributed by atoms with Crippen molar-refractivity contribution in [3.05, 3.63) is 66.1 Å². The molecule has 4 aromatic rings. The smallest absolute Gasteiger partial charge is 0.251 e. The molecular formula is C25H25N5O6. The molecule has 0 radical (unpaired) electrons. The fourth-order valence-corrected chi connectivity index (χ4v) is 4.06. The monoisotopic (exact) mass is 491 g/mol. The quantitative estimate of drug-likeness (QED) is 0.355. The summed E-state index contributed by atoms with van der Waals surface area (Å²) in [5.41, 5.74) is 1.80. The molecule has 5 rings (SSSR count). The number of methoxy groups -OCH3 is 1. The van der Waals surface area contributed by atoms with Gasteiger partial charge in [0, 0.05) is 25.4 Å². The number of fused-ring (bicyclic) bond motifs is 2. The summed E-state index contributed by atoms with van der Waals surface area (Å²) in [6.07, 6.45) is 0. The largest absolute Gasteiger partial charge is 0.464 e. The van der Waals surface area contributed by atoms with Gasteiger partial charge in [-0.2, -0.15) is 0 Å². The van der Waals surface area contributed by atoms with E-state index in [1.54, 1.807) is 44.4 Å². The summed E-state index contributed by atoms with van der Waals surface area (Å²) in [6.45, 7) is 2.28. The van der Waals surface area contributed by atoms with Crippen LogP contribution in [0.15, 0.2) is 59.0 Å². The number of furan rings is 1. The minimum Gasteiger partial charge on any atom is -0.464 e. The molecule has 1 aliphatic rings. The fraction of sp³-hybridized carbons (Fsp3) is 0.280. The minimum absolute atomic E-state index is 0.0794. The lowest BCUT2D eigenvalue weighted by Crippen LogP contribution is -2.45. The van der Waals surface area contributed by atoms with Gasteiger partial charge in [0.2, 0.25) is 12.7 Å². The minimum atomic E-state index is -1.10. The van der Waals surface area contributed by atoms with Crippen LogP contribution in [-0.2, 0) is 20.9 Å². The Bertz CT molecular complexity index is 1400. The second kappa shape index (κ2) is 10.1. The first-order valence-corrected chi connectivity index (χ1v) is 11.4. The van der Waals surface area contributed by atoms with Crippen molar-refractivity contribution in [3.8, 4) is 11.5 Å². The van der Waals surface area contributed by atoms with Crippen molar-refractivity contribution in [2.24, 2.45) is 0 Å². The second-order valence-electron chi connectivity index (χ2n) is 8.17. The Morgan fingerprint density at radius 3 is 2.78 bits per heavy atom. The van der Waals surface area contributed by atoms with Crippen LogP contribution < -0.4 is 19.7 Å². The van der Waals surface area contributed by atoms with Gasteiger partial charge in [0.25, 0.3) is 5.91 Å². The predicted molar refractivity (Wildman–Crippen MR) is 129 cm³/mol. The number of carbonyl (C=O) groups excluding carboxylic acids is 2. The van der Waals surface area contributed by atoms with E-state index in [1.165, 1.54) is 9.58 Å². The molecule has 11 nitrogen and oxygen atoms in total. The number of nitrogens with zero attached hydrogens (tertiary/aromatic N) is 4. The highest BCUT2D eigenvalue weighted by Crippen LogP contribution is 2.38. The first-order chi connectivity index (χ1) is 17.5. The molecule has 11 heteroatoms. The number of rotatable bonds is 9. The molecule has 1 N–H and O–H groups in total. The number of amides is 2. The van der Waals surface area contributed by atoms with Crippen molar-refractivity contribution >= 4 is 28.5 Å². The van der Waals surface area contributed by atoms with Gasteiger partial charge in [0.05, 0.1) is 12.1 Å². The third kappa shape index (κ3) is 4.60. The molecule has 2 amide bonds. The molecule has 3 heterocycles. The van der Waals surface area contributed by atoms with Crippen LogP contribution in [0.5, 0.6) is 11.5 Å². The maximum absolute atomic E-state index is 13.9. The topological polar surface area (TPSA) is 121 Å². The summed E-state index contributed by atoms with van der Waals surface area (Å²) in [5.74, 6) is 1.15. The van der Waals surface area contributed by atoms with Crippen LogP contribution in [0.3, 0.4) is 0 Å². The molecule has 0 unspecified atom stereocenters. The van der Waals surface area contributed by atoms with E-state index in [9.17, 15) is 9.59 Å². The van der Waals surface area contributed by atoms with Crippen LogP contribution in [0, 0.1) is 6.92 Å². The van der Waals surface area contributed by atoms with Gasteiger partial charge in [0.1, 0.15) is 23.6 Å². The van der Waals surface area contributed by atoms with Crippen LogP contribution in [0.1, 0.15) is 17.6 Å². The average molecular weight is 492 g/mol. The van der Waals surface area contributed by atoms with Crippen molar-refractivity contribution < 1.29 is 28.2 Å². The number of aromatic nitrogens is 3. The number of anilines is 1. The van der Waals surface area contributed by atoms with Gasteiger partial charge >= 0.3 is 0 Å². The summed E-state index contributed by atoms with van der Waals surface area (Å²) in [7, 11) is 1.55. The number of carbonyl (C=O) groups is 2. The Hall–Kier alpha value is -4.38. The van der Waals surface area contributed by atoms with E-state index in [-0.39, 0.29) is 19.9 Å². The summed E-state index contributed by atoms with van der Waals surface area (Å²) >= 11 is 0. The zero-order chi connectivity index (χ0) is 25.1. The maximum atomic E-state index is 13.9. The van der Waals surface area contributed by atoms with Crippen molar-refractivity contribution in [1.82, 2.24) is 20.3 Å². The summed E-state index contributed by atoms with van der Waals surface area (Å²) in [4.78, 5) is 28.8. The van der Waals surface area contributed by atoms with E-state index in [4.69, 9.17) is 18.6 Å². The fourth-order valence-electron chi connectivity index (χ4n) is 4.06. The van der Waals surface area contributed by atoms with Gasteiger partial charge in [-0.25, -0.2) is 4.68 Å². The zero-order valence-electron chi connectivity index (χ0n) is 19.8. The Morgan fingerprint density at radius 2 is 1.97 bits per heavy atom. The van der Waals surface area contributed by atoms with Gasteiger partial charge in [0.15, 0.2) is 17.5 Å². The van der Waals surface area contributed by atoms with Gasteiger partial charge < -0.3 is 23.9 Å². The van der Waals surface area contributed by atoms with E-state index in [0.29, 0.717) is 46.3 Å². The number of aryl methyl sites for hydroxylation is 1. The highest BCUT2D eigenvalue weighted by Gasteiger charge is 2.36. The molecule has 0 spiro atoms. The molecule has 0 bridgehead atoms. The van der Waals surface area contributed by atoms with E-state index < -0.39 is 17.9 Å². The van der Waals surface area contributed by atoms with E-state index in [0.717, 1.165) is 0 Å². The average Bonchev–Trinajstić information content (AvgIpc) is 3.62. The first kappa shape index (κ1) is 23.4. The molecule has 2 aromatic carbocycles. The molecular weight excluding hydrogens is 466 g/mol. The van der Waals surface area contributed by atoms with Crippen molar-refractivity contribution in [1.29, 1.82) is 0 Å². The van der Waals surface area contributed by atoms with Crippen LogP contribution in [-0.4, -0.2) is 53.9 Å². The van der Waals surface area contributed by atoms with Crippen LogP contribution >= 0.6 is 0 Å². The third-order valence-corrected chi connectivity index (χ3v) is 5.75. The zero-order valence-corrected chi connectivity index (χ0v) is 19.8. The Labute approximate surface area is 206 Å². The SMILES string of the molecule is COCCNC(=O)[C@@H](c1ccc(C)o1)N(C(=O)Cn1nnc2ccccc21)c1ccc2c(c1)OCO2. The van der Waals surface area contributed by atoms with E-state index >= 15 is 0 Å². The lowest BCUT2D eigenvalue weighted by Gasteiger charge is -2.30. The van der Waals surface area contributed by atoms with Crippen LogP contribution in [0.2, 0.25) is 0 Å². The summed E-state index contributed by atoms with van der Waals surface area (Å²) in [6, 6.07) is 14.8. The normalized spacial score (nSPS) is 13.1. The molecule has 36 heavy (non-hydrogen) atoms. The molecule has 0 fully saturated rings. The lowest BCUT2D eigenvalue weighted by atomic mass is 10.1. The molecule has 0 saturated carbocycles. The second-order valence-corrected chi connectivity index (χ2v) is 8.17. The van der Waals surface area contributed by atoms with Crippen molar-refractivity contribution in [3.63, 3.8) is 0 Å². The third-order valence-electron chi connectivity index (χ3n) is 5.75. The van der Waals surface area contributed by atoms with Crippen LogP contribution in [0.25, 0.3) is 11.0 Å². The predicted octanol–water partition coefficient (Wildman–Crippen LogP) is 2.60. The molecule has 0 aliphatic carbocycles. The highest BCUT2D eigenvalue weighted by atomic mass is 16.7. The first-order valence-electron chi connectivity index (χ1n) is 11.4. The standard InChI is InChI=1S/C25H25N5O6/c1-16-7-9-21(36-16)24(25(32)26-11-12-33-2)30(17-8-10-20-22(13-17)35-15-34-20)23(31)14-29-19-6-4-3-5-18(19)27-28-29/h3-10,13,24H,11-12,14-15H2,1-2H3,(H,26,32)/t24-/m1/s1. The lowest BCUT2D eigenvalue weighted by molar-refractivity contribution is -0.127. The van der Waals surface area contributed by atoms with Gasteiger partial charge in [-0.1, -0.05) is 17.3 Å². The molecule has 2 aromatic heterocycles. The number of para-hydroxylation sites is 1. The summed E-state index contributed by atoms with van der Waals surface area (Å²) < 4.78 is 23.4. The maximum Gasteiger partial charge on any atom is 0.251 e. The summed E-state index contributed by atoms with van der Waals surface area (Å²) in [5, 5.41) is 11.1. The number of benzene rings is 2. The number of nitrogens with one attached hydrogen (secondary N) is 1. The van der Waals surface area contributed by atoms with Crippen LogP contribution in [0.4, 0.5) is 5.69 Å². The van der Waals surface area contributed by atoms with Gasteiger partial charge in [-0.15, -0.1) is 5.10 Å². The highest BCUT2D eigenvalue weighted by molar-refractivity contribution is 6.01. The van der Waals surface area contributed by atoms with Crippen molar-refractivity contribution in [2.45, 2.75) is 19.5 Å². The number of ether oxygens (including phenoxy) is 3. The molecule has 186 valence electrons. The molecule has 0 saturated heterocycles. The number of hydrogen-bond donors (Lipinski definition) is 1. The number of hydrogen-bond acceptors (Lipinski definition) is 8. The Morgan fingerprint density at radius 1 is 1.14 bits per heavy atom. The van der Waals surface area contributed by atoms with E-state index in [2.05, 4.69) is 15.6 Å². The molecule has 1 aliphatic heterocycles.